The number of aryl methyl sites for hydroxylation is 1. The summed E-state index contributed by atoms with van der Waals surface area (Å²) in [6.45, 7) is 4.45. The van der Waals surface area contributed by atoms with Crippen LogP contribution in [0.15, 0.2) is 42.5 Å². The Balaban J connectivity index is 1.79. The summed E-state index contributed by atoms with van der Waals surface area (Å²) in [4.78, 5) is 0. The van der Waals surface area contributed by atoms with Gasteiger partial charge in [0.05, 0.1) is 11.1 Å². The molecule has 0 bridgehead atoms. The molecule has 0 radical (unpaired) electrons. The monoisotopic (exact) mass is 352 g/mol. The van der Waals surface area contributed by atoms with E-state index in [4.69, 9.17) is 28.6 Å². The molecular formula is C17H18ClFN2OS. The second-order valence-electron chi connectivity index (χ2n) is 5.25. The number of hydrogen-bond acceptors (Lipinski definition) is 2. The highest BCUT2D eigenvalue weighted by atomic mass is 35.5. The molecule has 0 aliphatic heterocycles. The van der Waals surface area contributed by atoms with Gasteiger partial charge in [-0.15, -0.1) is 0 Å². The van der Waals surface area contributed by atoms with Gasteiger partial charge < -0.3 is 15.4 Å². The van der Waals surface area contributed by atoms with Gasteiger partial charge in [-0.2, -0.15) is 0 Å². The lowest BCUT2D eigenvalue weighted by molar-refractivity contribution is 0.287. The van der Waals surface area contributed by atoms with Crippen LogP contribution in [0.4, 0.5) is 10.1 Å². The largest absolute Gasteiger partial charge is 0.491 e. The van der Waals surface area contributed by atoms with Gasteiger partial charge >= 0.3 is 0 Å². The Labute approximate surface area is 145 Å². The third-order valence-corrected chi connectivity index (χ3v) is 3.59. The van der Waals surface area contributed by atoms with Crippen LogP contribution in [0.25, 0.3) is 0 Å². The molecule has 2 N–H and O–H groups in total. The second kappa shape index (κ2) is 8.13. The first-order valence-electron chi connectivity index (χ1n) is 7.16. The normalized spacial score (nSPS) is 11.7. The van der Waals surface area contributed by atoms with Crippen LogP contribution in [0, 0.1) is 12.7 Å². The predicted molar refractivity (Wildman–Crippen MR) is 96.9 cm³/mol. The first-order chi connectivity index (χ1) is 10.9. The van der Waals surface area contributed by atoms with Crippen molar-refractivity contribution >= 4 is 34.6 Å². The molecule has 0 amide bonds. The van der Waals surface area contributed by atoms with E-state index in [2.05, 4.69) is 10.6 Å². The van der Waals surface area contributed by atoms with E-state index in [0.29, 0.717) is 17.4 Å². The molecule has 2 rings (SSSR count). The van der Waals surface area contributed by atoms with Crippen LogP contribution < -0.4 is 15.4 Å². The number of rotatable bonds is 5. The minimum atomic E-state index is -0.462. The van der Waals surface area contributed by atoms with Crippen LogP contribution in [0.3, 0.4) is 0 Å². The van der Waals surface area contributed by atoms with Crippen molar-refractivity contribution in [3.8, 4) is 5.75 Å². The zero-order chi connectivity index (χ0) is 16.8. The summed E-state index contributed by atoms with van der Waals surface area (Å²) < 4.78 is 18.8. The van der Waals surface area contributed by atoms with Gasteiger partial charge in [0.2, 0.25) is 0 Å². The molecule has 0 heterocycles. The smallest absolute Gasteiger partial charge is 0.171 e. The SMILES string of the molecule is Cc1ccc(OC[C@H](C)NC(=S)Nc2ccc(F)c(Cl)c2)cc1. The molecule has 0 aliphatic rings. The van der Waals surface area contributed by atoms with Crippen molar-refractivity contribution in [1.29, 1.82) is 0 Å². The van der Waals surface area contributed by atoms with Crippen molar-refractivity contribution in [3.63, 3.8) is 0 Å². The Bertz CT molecular complexity index is 679. The number of hydrogen-bond donors (Lipinski definition) is 2. The molecule has 1 atom stereocenters. The van der Waals surface area contributed by atoms with Gasteiger partial charge in [0.15, 0.2) is 5.11 Å². The number of ether oxygens (including phenoxy) is 1. The fourth-order valence-corrected chi connectivity index (χ4v) is 2.36. The molecule has 0 saturated heterocycles. The Kier molecular flexibility index (Phi) is 6.19. The van der Waals surface area contributed by atoms with Crippen molar-refractivity contribution in [2.75, 3.05) is 11.9 Å². The molecule has 0 fully saturated rings. The van der Waals surface area contributed by atoms with Gasteiger partial charge in [-0.05, 0) is 56.4 Å². The van der Waals surface area contributed by atoms with Crippen LogP contribution in [-0.2, 0) is 0 Å². The highest BCUT2D eigenvalue weighted by Gasteiger charge is 2.07. The van der Waals surface area contributed by atoms with Crippen molar-refractivity contribution in [3.05, 3.63) is 58.9 Å². The standard InChI is InChI=1S/C17H18ClFN2OS/c1-11-3-6-14(7-4-11)22-10-12(2)20-17(23)21-13-5-8-16(19)15(18)9-13/h3-9,12H,10H2,1-2H3,(H2,20,21,23)/t12-/m0/s1. The summed E-state index contributed by atoms with van der Waals surface area (Å²) in [5.41, 5.74) is 1.81. The topological polar surface area (TPSA) is 33.3 Å². The first-order valence-corrected chi connectivity index (χ1v) is 7.94. The van der Waals surface area contributed by atoms with Crippen LogP contribution >= 0.6 is 23.8 Å². The van der Waals surface area contributed by atoms with E-state index in [9.17, 15) is 4.39 Å². The van der Waals surface area contributed by atoms with Crippen molar-refractivity contribution < 1.29 is 9.13 Å². The third-order valence-electron chi connectivity index (χ3n) is 3.08. The summed E-state index contributed by atoms with van der Waals surface area (Å²) in [7, 11) is 0. The summed E-state index contributed by atoms with van der Waals surface area (Å²) in [6, 6.07) is 12.2. The number of thiocarbonyl (C=S) groups is 1. The fraction of sp³-hybridized carbons (Fsp3) is 0.235. The van der Waals surface area contributed by atoms with Gasteiger partial charge in [-0.25, -0.2) is 4.39 Å². The second-order valence-corrected chi connectivity index (χ2v) is 6.07. The highest BCUT2D eigenvalue weighted by Crippen LogP contribution is 2.19. The van der Waals surface area contributed by atoms with E-state index < -0.39 is 5.82 Å². The summed E-state index contributed by atoms with van der Waals surface area (Å²) in [6.07, 6.45) is 0. The first kappa shape index (κ1) is 17.5. The number of anilines is 1. The maximum atomic E-state index is 13.1. The summed E-state index contributed by atoms with van der Waals surface area (Å²) in [5.74, 6) is 0.351. The van der Waals surface area contributed by atoms with Crippen molar-refractivity contribution in [2.24, 2.45) is 0 Å². The van der Waals surface area contributed by atoms with Crippen LogP contribution in [0.2, 0.25) is 5.02 Å². The van der Waals surface area contributed by atoms with E-state index >= 15 is 0 Å². The minimum absolute atomic E-state index is 0.00669. The summed E-state index contributed by atoms with van der Waals surface area (Å²) in [5, 5.41) is 6.54. The molecule has 2 aromatic rings. The predicted octanol–water partition coefficient (Wildman–Crippen LogP) is 4.54. The maximum Gasteiger partial charge on any atom is 0.171 e. The van der Waals surface area contributed by atoms with E-state index in [1.165, 1.54) is 17.7 Å². The lowest BCUT2D eigenvalue weighted by Gasteiger charge is -2.18. The number of halogens is 2. The van der Waals surface area contributed by atoms with Crippen LogP contribution in [0.5, 0.6) is 5.75 Å². The molecule has 0 aromatic heterocycles. The number of nitrogens with one attached hydrogen (secondary N) is 2. The molecule has 0 saturated carbocycles. The Morgan fingerprint density at radius 3 is 2.61 bits per heavy atom. The summed E-state index contributed by atoms with van der Waals surface area (Å²) >= 11 is 11.0. The van der Waals surface area contributed by atoms with Crippen LogP contribution in [-0.4, -0.2) is 17.8 Å². The molecule has 3 nitrogen and oxygen atoms in total. The quantitative estimate of drug-likeness (QED) is 0.774. The fourth-order valence-electron chi connectivity index (χ4n) is 1.86. The zero-order valence-corrected chi connectivity index (χ0v) is 14.5. The zero-order valence-electron chi connectivity index (χ0n) is 12.9. The Hall–Kier alpha value is -1.85. The molecule has 122 valence electrons. The lowest BCUT2D eigenvalue weighted by atomic mass is 10.2. The Morgan fingerprint density at radius 2 is 1.96 bits per heavy atom. The molecule has 0 unspecified atom stereocenters. The average molecular weight is 353 g/mol. The molecular weight excluding hydrogens is 335 g/mol. The van der Waals surface area contributed by atoms with E-state index in [-0.39, 0.29) is 11.1 Å². The van der Waals surface area contributed by atoms with Gasteiger partial charge in [0, 0.05) is 5.69 Å². The minimum Gasteiger partial charge on any atom is -0.491 e. The van der Waals surface area contributed by atoms with Crippen LogP contribution in [0.1, 0.15) is 12.5 Å². The van der Waals surface area contributed by atoms with Crippen molar-refractivity contribution in [2.45, 2.75) is 19.9 Å². The van der Waals surface area contributed by atoms with E-state index in [1.807, 2.05) is 38.1 Å². The maximum absolute atomic E-state index is 13.1. The molecule has 0 aliphatic carbocycles. The third kappa shape index (κ3) is 5.69. The lowest BCUT2D eigenvalue weighted by Crippen LogP contribution is -2.39. The van der Waals surface area contributed by atoms with E-state index in [0.717, 1.165) is 5.75 Å². The molecule has 23 heavy (non-hydrogen) atoms. The number of benzene rings is 2. The van der Waals surface area contributed by atoms with Gasteiger partial charge in [-0.1, -0.05) is 29.3 Å². The van der Waals surface area contributed by atoms with Gasteiger partial charge in [0.25, 0.3) is 0 Å². The molecule has 6 heteroatoms. The molecule has 0 spiro atoms. The van der Waals surface area contributed by atoms with E-state index in [1.54, 1.807) is 6.07 Å². The van der Waals surface area contributed by atoms with Gasteiger partial charge in [-0.3, -0.25) is 0 Å². The average Bonchev–Trinajstić information content (AvgIpc) is 2.50. The van der Waals surface area contributed by atoms with Crippen molar-refractivity contribution in [1.82, 2.24) is 5.32 Å². The van der Waals surface area contributed by atoms with Gasteiger partial charge in [0.1, 0.15) is 18.2 Å². The Morgan fingerprint density at radius 1 is 1.26 bits per heavy atom. The highest BCUT2D eigenvalue weighted by molar-refractivity contribution is 7.80. The molecule has 2 aromatic carbocycles.